The second-order valence-electron chi connectivity index (χ2n) is 7.19. The molecule has 148 valence electrons. The van der Waals surface area contributed by atoms with Crippen molar-refractivity contribution in [1.82, 2.24) is 19.6 Å². The van der Waals surface area contributed by atoms with E-state index in [2.05, 4.69) is 20.8 Å². The van der Waals surface area contributed by atoms with Crippen molar-refractivity contribution >= 4 is 16.4 Å². The minimum absolute atomic E-state index is 0.193. The first-order chi connectivity index (χ1) is 13.7. The van der Waals surface area contributed by atoms with Crippen LogP contribution in [0.15, 0.2) is 53.6 Å². The van der Waals surface area contributed by atoms with Gasteiger partial charge in [-0.15, -0.1) is 0 Å². The van der Waals surface area contributed by atoms with Gasteiger partial charge in [-0.05, 0) is 24.3 Å². The molecule has 2 N–H and O–H groups in total. The third-order valence-electron chi connectivity index (χ3n) is 5.28. The van der Waals surface area contributed by atoms with Gasteiger partial charge in [0.05, 0.1) is 18.0 Å². The molecule has 1 aliphatic heterocycles. The first-order valence-electron chi connectivity index (χ1n) is 9.62. The Balaban J connectivity index is 1.68. The van der Waals surface area contributed by atoms with Crippen LogP contribution in [0, 0.1) is 0 Å². The van der Waals surface area contributed by atoms with Gasteiger partial charge in [0.25, 0.3) is 0 Å². The number of imidazole rings is 1. The van der Waals surface area contributed by atoms with Crippen LogP contribution in [0.3, 0.4) is 0 Å². The van der Waals surface area contributed by atoms with Crippen LogP contribution >= 0.6 is 0 Å². The lowest BCUT2D eigenvalue weighted by Gasteiger charge is -2.33. The summed E-state index contributed by atoms with van der Waals surface area (Å²) in [7, 11) is -0.987. The second-order valence-corrected chi connectivity index (χ2v) is 8.57. The van der Waals surface area contributed by atoms with Crippen LogP contribution in [0.1, 0.15) is 5.69 Å². The Morgan fingerprint density at radius 3 is 2.82 bits per heavy atom. The number of benzene rings is 1. The normalized spacial score (nSPS) is 19.1. The van der Waals surface area contributed by atoms with Gasteiger partial charge in [0.2, 0.25) is 0 Å². The summed E-state index contributed by atoms with van der Waals surface area (Å²) < 4.78 is 13.9. The van der Waals surface area contributed by atoms with Gasteiger partial charge in [-0.25, -0.2) is 4.98 Å². The summed E-state index contributed by atoms with van der Waals surface area (Å²) in [6.45, 7) is 3.71. The lowest BCUT2D eigenvalue weighted by Crippen LogP contribution is -2.52. The average molecular weight is 399 g/mol. The molecule has 28 heavy (non-hydrogen) atoms. The van der Waals surface area contributed by atoms with Gasteiger partial charge in [-0.1, -0.05) is 18.2 Å². The van der Waals surface area contributed by atoms with Crippen LogP contribution in [-0.2, 0) is 17.2 Å². The molecule has 1 aliphatic rings. The van der Waals surface area contributed by atoms with Gasteiger partial charge in [0, 0.05) is 72.4 Å². The molecule has 0 saturated carbocycles. The first kappa shape index (κ1) is 19.3. The average Bonchev–Trinajstić information content (AvgIpc) is 3.07. The van der Waals surface area contributed by atoms with Crippen molar-refractivity contribution in [2.75, 3.05) is 39.0 Å². The number of pyridine rings is 1. The zero-order valence-corrected chi connectivity index (χ0v) is 16.9. The standard InChI is InChI=1S/C21H26N4O2S/c1-28(27)18-7-5-16(6-8-18)21-19(25-10-3-2-4-20(25)23-21)14-17-15-24(12-13-26)11-9-22-17/h2-8,10,17,22,26H,9,11-15H2,1H3. The molecular weight excluding hydrogens is 372 g/mol. The quantitative estimate of drug-likeness (QED) is 0.659. The van der Waals surface area contributed by atoms with E-state index >= 15 is 0 Å². The van der Waals surface area contributed by atoms with E-state index in [1.54, 1.807) is 6.26 Å². The highest BCUT2D eigenvalue weighted by molar-refractivity contribution is 7.84. The van der Waals surface area contributed by atoms with E-state index in [4.69, 9.17) is 4.98 Å². The fraction of sp³-hybridized carbons (Fsp3) is 0.381. The van der Waals surface area contributed by atoms with Crippen LogP contribution in [0.4, 0.5) is 0 Å². The van der Waals surface area contributed by atoms with E-state index in [0.29, 0.717) is 12.6 Å². The second kappa shape index (κ2) is 8.53. The van der Waals surface area contributed by atoms with Gasteiger partial charge in [0.1, 0.15) is 5.65 Å². The SMILES string of the molecule is CS(=O)c1ccc(-c2nc3ccccn3c2CC2CN(CCO)CCN2)cc1. The molecular formula is C21H26N4O2S. The number of hydrogen-bond acceptors (Lipinski definition) is 5. The van der Waals surface area contributed by atoms with Crippen molar-refractivity contribution in [2.45, 2.75) is 17.4 Å². The van der Waals surface area contributed by atoms with Crippen molar-refractivity contribution in [2.24, 2.45) is 0 Å². The molecule has 2 unspecified atom stereocenters. The highest BCUT2D eigenvalue weighted by Gasteiger charge is 2.23. The summed E-state index contributed by atoms with van der Waals surface area (Å²) >= 11 is 0. The summed E-state index contributed by atoms with van der Waals surface area (Å²) in [6.07, 6.45) is 4.60. The Morgan fingerprint density at radius 2 is 2.07 bits per heavy atom. The Labute approximate surface area is 167 Å². The number of nitrogens with zero attached hydrogens (tertiary/aromatic N) is 3. The van der Waals surface area contributed by atoms with E-state index in [1.807, 2.05) is 42.5 Å². The number of rotatable bonds is 6. The van der Waals surface area contributed by atoms with E-state index in [-0.39, 0.29) is 6.61 Å². The summed E-state index contributed by atoms with van der Waals surface area (Å²) in [5.74, 6) is 0. The fourth-order valence-corrected chi connectivity index (χ4v) is 4.41. The Bertz CT molecular complexity index is 968. The van der Waals surface area contributed by atoms with Crippen LogP contribution in [0.5, 0.6) is 0 Å². The number of hydrogen-bond donors (Lipinski definition) is 2. The molecule has 0 bridgehead atoms. The van der Waals surface area contributed by atoms with E-state index in [0.717, 1.165) is 47.9 Å². The molecule has 6 nitrogen and oxygen atoms in total. The molecule has 2 aromatic heterocycles. The van der Waals surface area contributed by atoms with Crippen molar-refractivity contribution < 1.29 is 9.32 Å². The number of aliphatic hydroxyl groups excluding tert-OH is 1. The monoisotopic (exact) mass is 398 g/mol. The molecule has 0 spiro atoms. The van der Waals surface area contributed by atoms with Crippen LogP contribution in [0.25, 0.3) is 16.9 Å². The molecule has 0 amide bonds. The number of aromatic nitrogens is 2. The maximum absolute atomic E-state index is 11.7. The predicted octanol–water partition coefficient (Wildman–Crippen LogP) is 1.55. The van der Waals surface area contributed by atoms with Gasteiger partial charge < -0.3 is 14.8 Å². The van der Waals surface area contributed by atoms with Crippen LogP contribution in [0.2, 0.25) is 0 Å². The summed E-state index contributed by atoms with van der Waals surface area (Å²) in [5, 5.41) is 12.9. The van der Waals surface area contributed by atoms with Gasteiger partial charge >= 0.3 is 0 Å². The van der Waals surface area contributed by atoms with Gasteiger partial charge in [-0.2, -0.15) is 0 Å². The number of β-amino-alcohol motifs (C(OH)–C–C–N with tert-alkyl or cyclic N) is 1. The third-order valence-corrected chi connectivity index (χ3v) is 6.22. The highest BCUT2D eigenvalue weighted by atomic mass is 32.2. The molecule has 1 saturated heterocycles. The summed E-state index contributed by atoms with van der Waals surface area (Å²) in [5.41, 5.74) is 4.11. The van der Waals surface area contributed by atoms with Crippen molar-refractivity contribution in [3.63, 3.8) is 0 Å². The van der Waals surface area contributed by atoms with E-state index in [9.17, 15) is 9.32 Å². The molecule has 0 aliphatic carbocycles. The molecule has 1 aromatic carbocycles. The lowest BCUT2D eigenvalue weighted by molar-refractivity contribution is 0.156. The molecule has 7 heteroatoms. The van der Waals surface area contributed by atoms with Crippen molar-refractivity contribution in [1.29, 1.82) is 0 Å². The molecule has 1 fully saturated rings. The zero-order valence-electron chi connectivity index (χ0n) is 16.0. The maximum atomic E-state index is 11.7. The summed E-state index contributed by atoms with van der Waals surface area (Å²) in [4.78, 5) is 8.01. The predicted molar refractivity (Wildman–Crippen MR) is 112 cm³/mol. The fourth-order valence-electron chi connectivity index (χ4n) is 3.89. The summed E-state index contributed by atoms with van der Waals surface area (Å²) in [6, 6.07) is 14.2. The first-order valence-corrected chi connectivity index (χ1v) is 11.2. The minimum Gasteiger partial charge on any atom is -0.395 e. The lowest BCUT2D eigenvalue weighted by atomic mass is 10.0. The van der Waals surface area contributed by atoms with Gasteiger partial charge in [0.15, 0.2) is 0 Å². The molecule has 3 aromatic rings. The topological polar surface area (TPSA) is 69.9 Å². The van der Waals surface area contributed by atoms with Crippen molar-refractivity contribution in [3.8, 4) is 11.3 Å². The molecule has 4 rings (SSSR count). The number of fused-ring (bicyclic) bond motifs is 1. The molecule has 0 radical (unpaired) electrons. The smallest absolute Gasteiger partial charge is 0.137 e. The number of piperazine rings is 1. The van der Waals surface area contributed by atoms with E-state index in [1.165, 1.54) is 5.69 Å². The Kier molecular flexibility index (Phi) is 5.87. The molecule has 3 heterocycles. The number of aliphatic hydroxyl groups is 1. The Hall–Kier alpha value is -2.06. The van der Waals surface area contributed by atoms with Gasteiger partial charge in [-0.3, -0.25) is 9.11 Å². The third kappa shape index (κ3) is 4.03. The van der Waals surface area contributed by atoms with Crippen LogP contribution in [-0.4, -0.2) is 68.7 Å². The number of nitrogens with one attached hydrogen (secondary N) is 1. The van der Waals surface area contributed by atoms with E-state index < -0.39 is 10.8 Å². The maximum Gasteiger partial charge on any atom is 0.137 e. The largest absolute Gasteiger partial charge is 0.395 e. The minimum atomic E-state index is -0.987. The zero-order chi connectivity index (χ0) is 19.5. The van der Waals surface area contributed by atoms with Crippen molar-refractivity contribution in [3.05, 3.63) is 54.4 Å². The van der Waals surface area contributed by atoms with Crippen LogP contribution < -0.4 is 5.32 Å². The molecule has 2 atom stereocenters. The Morgan fingerprint density at radius 1 is 1.25 bits per heavy atom. The highest BCUT2D eigenvalue weighted by Crippen LogP contribution is 2.27.